The van der Waals surface area contributed by atoms with Gasteiger partial charge in [0.1, 0.15) is 0 Å². The predicted molar refractivity (Wildman–Crippen MR) is 67.8 cm³/mol. The molecule has 4 saturated carbocycles. The Balaban J connectivity index is 0.000000963. The van der Waals surface area contributed by atoms with Gasteiger partial charge in [-0.2, -0.15) is 0 Å². The van der Waals surface area contributed by atoms with Crippen molar-refractivity contribution in [3.8, 4) is 0 Å². The molecule has 0 aromatic heterocycles. The molecule has 94 valence electrons. The van der Waals surface area contributed by atoms with Crippen LogP contribution in [0.4, 0.5) is 0 Å². The molecule has 4 rings (SSSR count). The summed E-state index contributed by atoms with van der Waals surface area (Å²) >= 11 is 0. The Morgan fingerprint density at radius 1 is 1.06 bits per heavy atom. The Bertz CT molecular complexity index is 216. The first-order valence-electron chi connectivity index (χ1n) is 6.64. The second-order valence-corrected chi connectivity index (χ2v) is 6.21. The maximum absolute atomic E-state index is 9.34. The number of halogens is 1. The number of hydrogen-bond acceptors (Lipinski definition) is 2. The van der Waals surface area contributed by atoms with Crippen molar-refractivity contribution in [3.05, 3.63) is 0 Å². The summed E-state index contributed by atoms with van der Waals surface area (Å²) in [6.45, 7) is 2.66. The molecule has 1 unspecified atom stereocenters. The number of hydrogen-bond donors (Lipinski definition) is 2. The summed E-state index contributed by atoms with van der Waals surface area (Å²) < 4.78 is 0. The molecular weight excluding hydrogens is 222 g/mol. The Labute approximate surface area is 105 Å². The predicted octanol–water partition coefficient (Wildman–Crippen LogP) is 2.20. The number of aliphatic hydroxyl groups is 1. The highest BCUT2D eigenvalue weighted by atomic mass is 35.5. The molecule has 0 aromatic carbocycles. The Morgan fingerprint density at radius 2 is 1.56 bits per heavy atom. The van der Waals surface area contributed by atoms with Gasteiger partial charge in [-0.1, -0.05) is 0 Å². The van der Waals surface area contributed by atoms with E-state index >= 15 is 0 Å². The van der Waals surface area contributed by atoms with E-state index in [9.17, 15) is 5.11 Å². The SMILES string of the molecule is CC(O)CNC1C2CC3CC(C2)CC1C3.Cl. The molecule has 2 N–H and O–H groups in total. The standard InChI is InChI=1S/C13H23NO.ClH/c1-8(15)7-14-13-11-3-9-2-10(5-11)6-12(13)4-9;/h8-15H,2-7H2,1H3;1H. The van der Waals surface area contributed by atoms with Gasteiger partial charge in [0.2, 0.25) is 0 Å². The van der Waals surface area contributed by atoms with E-state index in [-0.39, 0.29) is 18.5 Å². The summed E-state index contributed by atoms with van der Waals surface area (Å²) in [7, 11) is 0. The van der Waals surface area contributed by atoms with E-state index in [1.165, 1.54) is 32.1 Å². The van der Waals surface area contributed by atoms with Crippen LogP contribution in [0, 0.1) is 23.7 Å². The Morgan fingerprint density at radius 3 is 2.00 bits per heavy atom. The molecule has 0 saturated heterocycles. The van der Waals surface area contributed by atoms with E-state index < -0.39 is 0 Å². The average molecular weight is 246 g/mol. The van der Waals surface area contributed by atoms with Crippen molar-refractivity contribution in [3.63, 3.8) is 0 Å². The molecule has 0 amide bonds. The third kappa shape index (κ3) is 2.25. The lowest BCUT2D eigenvalue weighted by molar-refractivity contribution is -0.0167. The van der Waals surface area contributed by atoms with Crippen molar-refractivity contribution < 1.29 is 5.11 Å². The lowest BCUT2D eigenvalue weighted by Crippen LogP contribution is -2.55. The summed E-state index contributed by atoms with van der Waals surface area (Å²) in [5, 5.41) is 13.0. The van der Waals surface area contributed by atoms with Gasteiger partial charge in [0.25, 0.3) is 0 Å². The van der Waals surface area contributed by atoms with Crippen molar-refractivity contribution >= 4 is 12.4 Å². The smallest absolute Gasteiger partial charge is 0.0636 e. The molecule has 0 spiro atoms. The highest BCUT2D eigenvalue weighted by Gasteiger charge is 2.47. The van der Waals surface area contributed by atoms with Gasteiger partial charge in [-0.15, -0.1) is 12.4 Å². The molecule has 3 heteroatoms. The minimum atomic E-state index is -0.192. The molecule has 0 radical (unpaired) electrons. The number of nitrogens with one attached hydrogen (secondary N) is 1. The van der Waals surface area contributed by atoms with Crippen LogP contribution in [0.1, 0.15) is 39.0 Å². The molecule has 2 nitrogen and oxygen atoms in total. The van der Waals surface area contributed by atoms with E-state index in [0.29, 0.717) is 0 Å². The van der Waals surface area contributed by atoms with E-state index in [1.54, 1.807) is 0 Å². The van der Waals surface area contributed by atoms with E-state index in [4.69, 9.17) is 0 Å². The zero-order valence-corrected chi connectivity index (χ0v) is 10.9. The second-order valence-electron chi connectivity index (χ2n) is 6.21. The van der Waals surface area contributed by atoms with Gasteiger partial charge < -0.3 is 10.4 Å². The molecule has 4 aliphatic rings. The van der Waals surface area contributed by atoms with Crippen LogP contribution in [0.25, 0.3) is 0 Å². The van der Waals surface area contributed by atoms with Crippen LogP contribution >= 0.6 is 12.4 Å². The van der Waals surface area contributed by atoms with Crippen molar-refractivity contribution in [2.75, 3.05) is 6.54 Å². The zero-order valence-electron chi connectivity index (χ0n) is 10.1. The van der Waals surface area contributed by atoms with Crippen molar-refractivity contribution in [2.45, 2.75) is 51.2 Å². The third-order valence-electron chi connectivity index (χ3n) is 4.88. The van der Waals surface area contributed by atoms with Gasteiger partial charge in [-0.25, -0.2) is 0 Å². The minimum absolute atomic E-state index is 0. The van der Waals surface area contributed by atoms with Crippen molar-refractivity contribution in [1.29, 1.82) is 0 Å². The van der Waals surface area contributed by atoms with Crippen LogP contribution in [0.15, 0.2) is 0 Å². The summed E-state index contributed by atoms with van der Waals surface area (Å²) in [5.41, 5.74) is 0. The maximum atomic E-state index is 9.34. The van der Waals surface area contributed by atoms with Gasteiger partial charge in [0.15, 0.2) is 0 Å². The van der Waals surface area contributed by atoms with Crippen molar-refractivity contribution in [2.24, 2.45) is 23.7 Å². The molecular formula is C13H24ClNO. The highest BCUT2D eigenvalue weighted by Crippen LogP contribution is 2.53. The quantitative estimate of drug-likeness (QED) is 0.799. The monoisotopic (exact) mass is 245 g/mol. The van der Waals surface area contributed by atoms with Crippen LogP contribution in [-0.2, 0) is 0 Å². The molecule has 0 aromatic rings. The van der Waals surface area contributed by atoms with Crippen molar-refractivity contribution in [1.82, 2.24) is 5.32 Å². The van der Waals surface area contributed by atoms with Crippen LogP contribution < -0.4 is 5.32 Å². The van der Waals surface area contributed by atoms with Gasteiger partial charge in [-0.05, 0) is 62.7 Å². The minimum Gasteiger partial charge on any atom is -0.392 e. The Kier molecular flexibility index (Phi) is 3.82. The summed E-state index contributed by atoms with van der Waals surface area (Å²) in [6, 6.07) is 0.729. The third-order valence-corrected chi connectivity index (χ3v) is 4.88. The molecule has 0 aliphatic heterocycles. The summed E-state index contributed by atoms with van der Waals surface area (Å²) in [5.74, 6) is 3.97. The molecule has 4 fully saturated rings. The van der Waals surface area contributed by atoms with Gasteiger partial charge in [-0.3, -0.25) is 0 Å². The van der Waals surface area contributed by atoms with Gasteiger partial charge in [0, 0.05) is 12.6 Å². The first-order valence-corrected chi connectivity index (χ1v) is 6.64. The van der Waals surface area contributed by atoms with Crippen LogP contribution in [0.5, 0.6) is 0 Å². The second kappa shape index (κ2) is 4.83. The topological polar surface area (TPSA) is 32.3 Å². The maximum Gasteiger partial charge on any atom is 0.0636 e. The number of aliphatic hydroxyl groups excluding tert-OH is 1. The largest absolute Gasteiger partial charge is 0.392 e. The van der Waals surface area contributed by atoms with Crippen LogP contribution in [0.3, 0.4) is 0 Å². The molecule has 4 aliphatic carbocycles. The average Bonchev–Trinajstić information content (AvgIpc) is 2.14. The summed E-state index contributed by atoms with van der Waals surface area (Å²) in [6.07, 6.45) is 7.18. The highest BCUT2D eigenvalue weighted by molar-refractivity contribution is 5.85. The summed E-state index contributed by atoms with van der Waals surface area (Å²) in [4.78, 5) is 0. The first-order chi connectivity index (χ1) is 7.22. The molecule has 16 heavy (non-hydrogen) atoms. The zero-order chi connectivity index (χ0) is 10.4. The van der Waals surface area contributed by atoms with E-state index in [2.05, 4.69) is 5.32 Å². The molecule has 0 heterocycles. The fourth-order valence-electron chi connectivity index (χ4n) is 4.57. The normalized spacial score (nSPS) is 46.5. The first kappa shape index (κ1) is 12.7. The Hall–Kier alpha value is 0.210. The van der Waals surface area contributed by atoms with E-state index in [0.717, 1.165) is 36.3 Å². The lowest BCUT2D eigenvalue weighted by atomic mass is 9.54. The van der Waals surface area contributed by atoms with Gasteiger partial charge in [0.05, 0.1) is 6.10 Å². The molecule has 4 bridgehead atoms. The van der Waals surface area contributed by atoms with Crippen LogP contribution in [0.2, 0.25) is 0 Å². The van der Waals surface area contributed by atoms with Gasteiger partial charge >= 0.3 is 0 Å². The number of rotatable bonds is 3. The van der Waals surface area contributed by atoms with E-state index in [1.807, 2.05) is 6.92 Å². The fourth-order valence-corrected chi connectivity index (χ4v) is 4.57. The fraction of sp³-hybridized carbons (Fsp3) is 1.00. The molecule has 1 atom stereocenters. The lowest BCUT2D eigenvalue weighted by Gasteiger charge is -2.54. The van der Waals surface area contributed by atoms with Crippen LogP contribution in [-0.4, -0.2) is 23.8 Å².